The van der Waals surface area contributed by atoms with Crippen molar-refractivity contribution in [3.8, 4) is 0 Å². The molecule has 1 fully saturated rings. The first kappa shape index (κ1) is 12.4. The third kappa shape index (κ3) is 3.70. The van der Waals surface area contributed by atoms with Crippen LogP contribution in [0.4, 0.5) is 5.69 Å². The molecule has 5 heteroatoms. The summed E-state index contributed by atoms with van der Waals surface area (Å²) in [5.74, 6) is -0.176. The van der Waals surface area contributed by atoms with E-state index in [0.29, 0.717) is 10.7 Å². The molecule has 92 valence electrons. The fourth-order valence-corrected chi connectivity index (χ4v) is 1.90. The molecule has 1 aromatic carbocycles. The molecule has 2 N–H and O–H groups in total. The number of amides is 1. The van der Waals surface area contributed by atoms with Crippen molar-refractivity contribution in [1.82, 2.24) is 5.32 Å². The summed E-state index contributed by atoms with van der Waals surface area (Å²) in [7, 11) is 0. The Labute approximate surface area is 105 Å². The lowest BCUT2D eigenvalue weighted by Gasteiger charge is -2.11. The summed E-state index contributed by atoms with van der Waals surface area (Å²) in [5.41, 5.74) is 0.618. The Hall–Kier alpha value is -1.10. The number of ether oxygens (including phenoxy) is 1. The van der Waals surface area contributed by atoms with E-state index < -0.39 is 0 Å². The van der Waals surface area contributed by atoms with Crippen LogP contribution < -0.4 is 10.6 Å². The minimum atomic E-state index is -0.176. The van der Waals surface area contributed by atoms with Gasteiger partial charge in [0.15, 0.2) is 0 Å². The molecule has 0 aliphatic carbocycles. The predicted molar refractivity (Wildman–Crippen MR) is 67.3 cm³/mol. The first-order chi connectivity index (χ1) is 8.25. The van der Waals surface area contributed by atoms with E-state index in [9.17, 15) is 4.79 Å². The molecule has 1 aliphatic heterocycles. The molecular formula is C12H15ClN2O2. The molecule has 0 aromatic heterocycles. The van der Waals surface area contributed by atoms with Crippen molar-refractivity contribution >= 4 is 23.2 Å². The maximum atomic E-state index is 11.6. The van der Waals surface area contributed by atoms with E-state index in [1.54, 1.807) is 12.1 Å². The van der Waals surface area contributed by atoms with Crippen molar-refractivity contribution in [2.24, 2.45) is 0 Å². The van der Waals surface area contributed by atoms with E-state index in [0.717, 1.165) is 19.5 Å². The highest BCUT2D eigenvalue weighted by atomic mass is 35.5. The number of carbonyl (C=O) groups is 1. The van der Waals surface area contributed by atoms with E-state index in [1.165, 1.54) is 0 Å². The fraction of sp³-hybridized carbons (Fsp3) is 0.417. The van der Waals surface area contributed by atoms with E-state index >= 15 is 0 Å². The molecule has 0 saturated carbocycles. The van der Waals surface area contributed by atoms with Crippen LogP contribution in [0.5, 0.6) is 0 Å². The molecule has 1 heterocycles. The molecular weight excluding hydrogens is 240 g/mol. The molecule has 1 unspecified atom stereocenters. The van der Waals surface area contributed by atoms with Crippen LogP contribution in [-0.4, -0.2) is 31.7 Å². The molecule has 0 radical (unpaired) electrons. The molecule has 4 nitrogen and oxygen atoms in total. The molecule has 1 amide bonds. The van der Waals surface area contributed by atoms with Crippen molar-refractivity contribution in [3.05, 3.63) is 29.3 Å². The number of rotatable bonds is 4. The molecule has 1 saturated heterocycles. The molecule has 0 spiro atoms. The van der Waals surface area contributed by atoms with Crippen LogP contribution in [0.1, 0.15) is 6.42 Å². The monoisotopic (exact) mass is 254 g/mol. The third-order valence-corrected chi connectivity index (χ3v) is 2.94. The quantitative estimate of drug-likeness (QED) is 0.859. The van der Waals surface area contributed by atoms with Crippen molar-refractivity contribution in [2.45, 2.75) is 12.5 Å². The predicted octanol–water partition coefficient (Wildman–Crippen LogP) is 1.66. The van der Waals surface area contributed by atoms with Gasteiger partial charge in [0.05, 0.1) is 16.8 Å². The van der Waals surface area contributed by atoms with Gasteiger partial charge < -0.3 is 15.4 Å². The van der Waals surface area contributed by atoms with E-state index in [1.807, 2.05) is 12.1 Å². The van der Waals surface area contributed by atoms with Crippen molar-refractivity contribution in [1.29, 1.82) is 0 Å². The summed E-state index contributed by atoms with van der Waals surface area (Å²) in [6, 6.07) is 7.14. The van der Waals surface area contributed by atoms with Crippen molar-refractivity contribution in [3.63, 3.8) is 0 Å². The standard InChI is InChI=1S/C12H15ClN2O2/c13-10-3-1-2-4-11(10)15-12(16)8-17-9-5-6-14-7-9/h1-4,9,14H,5-8H2,(H,15,16). The fourth-order valence-electron chi connectivity index (χ4n) is 1.71. The minimum Gasteiger partial charge on any atom is -0.367 e. The van der Waals surface area contributed by atoms with Gasteiger partial charge in [0.1, 0.15) is 6.61 Å². The SMILES string of the molecule is O=C(COC1CCNC1)Nc1ccccc1Cl. The highest BCUT2D eigenvalue weighted by molar-refractivity contribution is 6.33. The maximum Gasteiger partial charge on any atom is 0.250 e. The van der Waals surface area contributed by atoms with E-state index in [4.69, 9.17) is 16.3 Å². The van der Waals surface area contributed by atoms with Crippen LogP contribution in [0.15, 0.2) is 24.3 Å². The summed E-state index contributed by atoms with van der Waals surface area (Å²) >= 11 is 5.93. The Morgan fingerprint density at radius 1 is 1.53 bits per heavy atom. The second kappa shape index (κ2) is 6.00. The average Bonchev–Trinajstić information content (AvgIpc) is 2.82. The van der Waals surface area contributed by atoms with Gasteiger partial charge in [-0.1, -0.05) is 23.7 Å². The lowest BCUT2D eigenvalue weighted by atomic mass is 10.3. The highest BCUT2D eigenvalue weighted by Gasteiger charge is 2.16. The van der Waals surface area contributed by atoms with Crippen molar-refractivity contribution in [2.75, 3.05) is 25.0 Å². The topological polar surface area (TPSA) is 50.4 Å². The molecule has 1 atom stereocenters. The number of anilines is 1. The minimum absolute atomic E-state index is 0.0670. The Morgan fingerprint density at radius 3 is 3.06 bits per heavy atom. The van der Waals surface area contributed by atoms with Gasteiger partial charge >= 0.3 is 0 Å². The van der Waals surface area contributed by atoms with Crippen LogP contribution in [0.25, 0.3) is 0 Å². The second-order valence-electron chi connectivity index (χ2n) is 3.95. The highest BCUT2D eigenvalue weighted by Crippen LogP contribution is 2.20. The normalized spacial score (nSPS) is 19.2. The Kier molecular flexibility index (Phi) is 4.36. The number of carbonyl (C=O) groups excluding carboxylic acids is 1. The smallest absolute Gasteiger partial charge is 0.250 e. The number of benzene rings is 1. The zero-order valence-corrected chi connectivity index (χ0v) is 10.2. The van der Waals surface area contributed by atoms with Crippen molar-refractivity contribution < 1.29 is 9.53 Å². The van der Waals surface area contributed by atoms with Crippen LogP contribution in [-0.2, 0) is 9.53 Å². The van der Waals surface area contributed by atoms with Gasteiger partial charge in [0.25, 0.3) is 0 Å². The van der Waals surface area contributed by atoms with Crippen LogP contribution in [0.3, 0.4) is 0 Å². The molecule has 17 heavy (non-hydrogen) atoms. The lowest BCUT2D eigenvalue weighted by Crippen LogP contribution is -2.24. The summed E-state index contributed by atoms with van der Waals surface area (Å²) in [4.78, 5) is 11.6. The number of nitrogens with one attached hydrogen (secondary N) is 2. The zero-order valence-electron chi connectivity index (χ0n) is 9.41. The number of para-hydroxylation sites is 1. The van der Waals surface area contributed by atoms with Gasteiger partial charge in [-0.05, 0) is 25.1 Å². The van der Waals surface area contributed by atoms with Gasteiger partial charge in [0, 0.05) is 6.54 Å². The number of hydrogen-bond acceptors (Lipinski definition) is 3. The molecule has 1 aliphatic rings. The molecule has 2 rings (SSSR count). The summed E-state index contributed by atoms with van der Waals surface area (Å²) < 4.78 is 5.46. The third-order valence-electron chi connectivity index (χ3n) is 2.61. The summed E-state index contributed by atoms with van der Waals surface area (Å²) in [6.45, 7) is 1.84. The largest absolute Gasteiger partial charge is 0.367 e. The first-order valence-corrected chi connectivity index (χ1v) is 6.00. The molecule has 1 aromatic rings. The van der Waals surface area contributed by atoms with Gasteiger partial charge in [-0.15, -0.1) is 0 Å². The van der Waals surface area contributed by atoms with Gasteiger partial charge in [-0.25, -0.2) is 0 Å². The average molecular weight is 255 g/mol. The van der Waals surface area contributed by atoms with Crippen LogP contribution >= 0.6 is 11.6 Å². The van der Waals surface area contributed by atoms with Gasteiger partial charge in [-0.2, -0.15) is 0 Å². The second-order valence-corrected chi connectivity index (χ2v) is 4.36. The Morgan fingerprint density at radius 2 is 2.35 bits per heavy atom. The van der Waals surface area contributed by atoms with E-state index in [2.05, 4.69) is 10.6 Å². The Balaban J connectivity index is 1.79. The van der Waals surface area contributed by atoms with E-state index in [-0.39, 0.29) is 18.6 Å². The maximum absolute atomic E-state index is 11.6. The summed E-state index contributed by atoms with van der Waals surface area (Å²) in [6.07, 6.45) is 1.10. The van der Waals surface area contributed by atoms with Gasteiger partial charge in [0.2, 0.25) is 5.91 Å². The van der Waals surface area contributed by atoms with Crippen LogP contribution in [0, 0.1) is 0 Å². The Bertz CT molecular complexity index is 392. The van der Waals surface area contributed by atoms with Gasteiger partial charge in [-0.3, -0.25) is 4.79 Å². The van der Waals surface area contributed by atoms with Crippen LogP contribution in [0.2, 0.25) is 5.02 Å². The number of halogens is 1. The number of hydrogen-bond donors (Lipinski definition) is 2. The first-order valence-electron chi connectivity index (χ1n) is 5.62. The zero-order chi connectivity index (χ0) is 12.1. The lowest BCUT2D eigenvalue weighted by molar-refractivity contribution is -0.122. The summed E-state index contributed by atoms with van der Waals surface area (Å²) in [5, 5.41) is 6.43. The molecule has 0 bridgehead atoms.